The Kier molecular flexibility index (Phi) is 2.61. The van der Waals surface area contributed by atoms with Crippen molar-refractivity contribution >= 4 is 5.69 Å². The fraction of sp³-hybridized carbons (Fsp3) is 0.417. The van der Waals surface area contributed by atoms with Crippen LogP contribution in [0.1, 0.15) is 23.6 Å². The van der Waals surface area contributed by atoms with E-state index < -0.39 is 0 Å². The number of hydrogen-bond acceptors (Lipinski definition) is 3. The summed E-state index contributed by atoms with van der Waals surface area (Å²) >= 11 is 0. The third-order valence-corrected chi connectivity index (χ3v) is 2.65. The van der Waals surface area contributed by atoms with Gasteiger partial charge in [-0.25, -0.2) is 0 Å². The molecule has 1 heterocycles. The van der Waals surface area contributed by atoms with E-state index >= 15 is 0 Å². The highest BCUT2D eigenvalue weighted by molar-refractivity contribution is 5.66. The number of benzene rings is 1. The molecule has 2 rings (SSSR count). The first kappa shape index (κ1) is 10.0. The summed E-state index contributed by atoms with van der Waals surface area (Å²) < 4.78 is 0. The van der Waals surface area contributed by atoms with E-state index in [1.807, 2.05) is 13.0 Å². The summed E-state index contributed by atoms with van der Waals surface area (Å²) in [5.74, 6) is 0. The molecule has 1 aromatic rings. The van der Waals surface area contributed by atoms with Crippen LogP contribution in [-0.4, -0.2) is 12.6 Å². The Labute approximate surface area is 89.9 Å². The lowest BCUT2D eigenvalue weighted by Crippen LogP contribution is -2.17. The molecule has 0 amide bonds. The summed E-state index contributed by atoms with van der Waals surface area (Å²) in [5.41, 5.74) is 9.96. The first-order valence-corrected chi connectivity index (χ1v) is 5.26. The lowest BCUT2D eigenvalue weighted by atomic mass is 9.99. The van der Waals surface area contributed by atoms with Crippen molar-refractivity contribution in [3.05, 3.63) is 28.8 Å². The molecule has 3 nitrogen and oxygen atoms in total. The number of anilines is 1. The van der Waals surface area contributed by atoms with Crippen LogP contribution < -0.4 is 11.1 Å². The van der Waals surface area contributed by atoms with Gasteiger partial charge in [-0.1, -0.05) is 6.07 Å². The van der Waals surface area contributed by atoms with Crippen LogP contribution in [0.5, 0.6) is 0 Å². The van der Waals surface area contributed by atoms with E-state index in [0.717, 1.165) is 30.6 Å². The van der Waals surface area contributed by atoms with Gasteiger partial charge in [0.15, 0.2) is 0 Å². The molecular weight excluding hydrogens is 186 g/mol. The molecule has 1 aromatic carbocycles. The highest BCUT2D eigenvalue weighted by Gasteiger charge is 2.15. The minimum Gasteiger partial charge on any atom is -0.383 e. The highest BCUT2D eigenvalue weighted by atomic mass is 14.9. The standard InChI is InChI=1S/C12H15N3/c1-8(14)4-9-5-10-2-3-15-12(10)11(6-9)7-13/h5-6,8,15H,2-4,14H2,1H3/t8-/m0/s1. The van der Waals surface area contributed by atoms with Crippen LogP contribution in [-0.2, 0) is 12.8 Å². The zero-order valence-electron chi connectivity index (χ0n) is 8.88. The van der Waals surface area contributed by atoms with E-state index in [1.54, 1.807) is 0 Å². The number of nitrogens with zero attached hydrogens (tertiary/aromatic N) is 1. The van der Waals surface area contributed by atoms with Crippen LogP contribution in [0.15, 0.2) is 12.1 Å². The predicted octanol–water partition coefficient (Wildman–Crippen LogP) is 1.42. The van der Waals surface area contributed by atoms with Gasteiger partial charge in [0.25, 0.3) is 0 Å². The van der Waals surface area contributed by atoms with Crippen molar-refractivity contribution in [3.63, 3.8) is 0 Å². The number of fused-ring (bicyclic) bond motifs is 1. The van der Waals surface area contributed by atoms with Crippen LogP contribution in [0.4, 0.5) is 5.69 Å². The van der Waals surface area contributed by atoms with Crippen molar-refractivity contribution in [1.82, 2.24) is 0 Å². The van der Waals surface area contributed by atoms with Crippen LogP contribution in [0.2, 0.25) is 0 Å². The molecule has 0 spiro atoms. The lowest BCUT2D eigenvalue weighted by molar-refractivity contribution is 0.737. The van der Waals surface area contributed by atoms with E-state index in [2.05, 4.69) is 17.5 Å². The average molecular weight is 201 g/mol. The summed E-state index contributed by atoms with van der Waals surface area (Å²) in [4.78, 5) is 0. The molecule has 0 saturated carbocycles. The van der Waals surface area contributed by atoms with E-state index in [0.29, 0.717) is 0 Å². The molecule has 3 N–H and O–H groups in total. The van der Waals surface area contributed by atoms with Crippen molar-refractivity contribution in [3.8, 4) is 6.07 Å². The Morgan fingerprint density at radius 3 is 3.07 bits per heavy atom. The molecule has 0 aliphatic carbocycles. The van der Waals surface area contributed by atoms with E-state index in [1.165, 1.54) is 11.1 Å². The molecule has 0 bridgehead atoms. The maximum Gasteiger partial charge on any atom is 0.101 e. The molecule has 1 atom stereocenters. The minimum atomic E-state index is 0.143. The first-order valence-electron chi connectivity index (χ1n) is 5.26. The van der Waals surface area contributed by atoms with Gasteiger partial charge in [0.2, 0.25) is 0 Å². The number of nitrogens with one attached hydrogen (secondary N) is 1. The van der Waals surface area contributed by atoms with Gasteiger partial charge >= 0.3 is 0 Å². The van der Waals surface area contributed by atoms with E-state index in [-0.39, 0.29) is 6.04 Å². The first-order chi connectivity index (χ1) is 7.20. The van der Waals surface area contributed by atoms with Gasteiger partial charge in [0.1, 0.15) is 6.07 Å². The van der Waals surface area contributed by atoms with Crippen molar-refractivity contribution in [2.75, 3.05) is 11.9 Å². The second kappa shape index (κ2) is 3.92. The van der Waals surface area contributed by atoms with Gasteiger partial charge in [-0.3, -0.25) is 0 Å². The Hall–Kier alpha value is -1.53. The Morgan fingerprint density at radius 1 is 1.60 bits per heavy atom. The number of hydrogen-bond donors (Lipinski definition) is 2. The zero-order chi connectivity index (χ0) is 10.8. The maximum atomic E-state index is 9.04. The van der Waals surface area contributed by atoms with Crippen LogP contribution >= 0.6 is 0 Å². The normalized spacial score (nSPS) is 15.3. The molecule has 78 valence electrons. The summed E-state index contributed by atoms with van der Waals surface area (Å²) in [6.07, 6.45) is 1.85. The van der Waals surface area contributed by atoms with Crippen LogP contribution in [0.3, 0.4) is 0 Å². The Balaban J connectivity index is 2.40. The molecule has 1 aliphatic rings. The Bertz CT molecular complexity index is 416. The monoisotopic (exact) mass is 201 g/mol. The van der Waals surface area contributed by atoms with Crippen molar-refractivity contribution in [1.29, 1.82) is 5.26 Å². The van der Waals surface area contributed by atoms with Crippen molar-refractivity contribution in [2.45, 2.75) is 25.8 Å². The highest BCUT2D eigenvalue weighted by Crippen LogP contribution is 2.28. The van der Waals surface area contributed by atoms with E-state index in [4.69, 9.17) is 11.0 Å². The molecule has 0 aromatic heterocycles. The molecule has 0 fully saturated rings. The second-order valence-electron chi connectivity index (χ2n) is 4.15. The topological polar surface area (TPSA) is 61.8 Å². The van der Waals surface area contributed by atoms with Crippen molar-refractivity contribution in [2.24, 2.45) is 5.73 Å². The molecule has 15 heavy (non-hydrogen) atoms. The third-order valence-electron chi connectivity index (χ3n) is 2.65. The fourth-order valence-corrected chi connectivity index (χ4v) is 2.07. The quantitative estimate of drug-likeness (QED) is 0.760. The number of nitriles is 1. The minimum absolute atomic E-state index is 0.143. The second-order valence-corrected chi connectivity index (χ2v) is 4.15. The van der Waals surface area contributed by atoms with Crippen LogP contribution in [0, 0.1) is 11.3 Å². The van der Waals surface area contributed by atoms with Gasteiger partial charge in [0.05, 0.1) is 11.3 Å². The lowest BCUT2D eigenvalue weighted by Gasteiger charge is -2.09. The summed E-state index contributed by atoms with van der Waals surface area (Å²) in [6, 6.07) is 6.49. The molecular formula is C12H15N3. The average Bonchev–Trinajstić information content (AvgIpc) is 2.63. The Morgan fingerprint density at radius 2 is 2.40 bits per heavy atom. The third kappa shape index (κ3) is 1.95. The van der Waals surface area contributed by atoms with Gasteiger partial charge in [-0.2, -0.15) is 5.26 Å². The molecule has 3 heteroatoms. The number of nitrogens with two attached hydrogens (primary N) is 1. The zero-order valence-corrected chi connectivity index (χ0v) is 8.88. The van der Waals surface area contributed by atoms with Gasteiger partial charge < -0.3 is 11.1 Å². The number of rotatable bonds is 2. The largest absolute Gasteiger partial charge is 0.383 e. The molecule has 0 unspecified atom stereocenters. The smallest absolute Gasteiger partial charge is 0.101 e. The van der Waals surface area contributed by atoms with Gasteiger partial charge in [0, 0.05) is 12.6 Å². The fourth-order valence-electron chi connectivity index (χ4n) is 2.07. The predicted molar refractivity (Wildman–Crippen MR) is 60.7 cm³/mol. The van der Waals surface area contributed by atoms with Gasteiger partial charge in [-0.15, -0.1) is 0 Å². The summed E-state index contributed by atoms with van der Waals surface area (Å²) in [6.45, 7) is 2.92. The molecule has 0 saturated heterocycles. The summed E-state index contributed by atoms with van der Waals surface area (Å²) in [7, 11) is 0. The van der Waals surface area contributed by atoms with E-state index in [9.17, 15) is 0 Å². The van der Waals surface area contributed by atoms with Crippen LogP contribution in [0.25, 0.3) is 0 Å². The van der Waals surface area contributed by atoms with Crippen molar-refractivity contribution < 1.29 is 0 Å². The van der Waals surface area contributed by atoms with Gasteiger partial charge in [-0.05, 0) is 37.0 Å². The molecule has 0 radical (unpaired) electrons. The maximum absolute atomic E-state index is 9.04. The molecule has 1 aliphatic heterocycles. The summed E-state index contributed by atoms with van der Waals surface area (Å²) in [5, 5.41) is 12.3. The SMILES string of the molecule is C[C@H](N)Cc1cc(C#N)c2c(c1)CCN2.